The first kappa shape index (κ1) is 13.9. The predicted octanol–water partition coefficient (Wildman–Crippen LogP) is 4.08. The van der Waals surface area contributed by atoms with Crippen LogP contribution in [0.5, 0.6) is 0 Å². The molecule has 1 saturated carbocycles. The van der Waals surface area contributed by atoms with Gasteiger partial charge in [0.2, 0.25) is 0 Å². The average Bonchev–Trinajstić information content (AvgIpc) is 3.28. The Kier molecular flexibility index (Phi) is 3.45. The molecule has 1 aromatic heterocycles. The summed E-state index contributed by atoms with van der Waals surface area (Å²) in [5.41, 5.74) is 1.41. The quantitative estimate of drug-likeness (QED) is 0.838. The topological polar surface area (TPSA) is 46.3 Å². The third-order valence-electron chi connectivity index (χ3n) is 4.22. The molecule has 1 amide bonds. The highest BCUT2D eigenvalue weighted by atomic mass is 32.2. The number of amides is 1. The SMILES string of the molecule is C[C@@H]1CCN(C(=O)c2cc(C3CC3)on2)c2ccccc2S1. The van der Waals surface area contributed by atoms with E-state index in [1.54, 1.807) is 0 Å². The zero-order chi connectivity index (χ0) is 15.1. The van der Waals surface area contributed by atoms with Gasteiger partial charge in [0.05, 0.1) is 5.69 Å². The van der Waals surface area contributed by atoms with E-state index >= 15 is 0 Å². The second kappa shape index (κ2) is 5.47. The fourth-order valence-electron chi connectivity index (χ4n) is 2.79. The maximum absolute atomic E-state index is 12.9. The number of fused-ring (bicyclic) bond motifs is 1. The number of para-hydroxylation sites is 1. The van der Waals surface area contributed by atoms with Crippen molar-refractivity contribution in [2.45, 2.75) is 42.2 Å². The van der Waals surface area contributed by atoms with Gasteiger partial charge in [-0.1, -0.05) is 24.2 Å². The largest absolute Gasteiger partial charge is 0.360 e. The third kappa shape index (κ3) is 2.54. The molecule has 5 heteroatoms. The lowest BCUT2D eigenvalue weighted by atomic mass is 10.2. The zero-order valence-electron chi connectivity index (χ0n) is 12.5. The molecule has 0 unspecified atom stereocenters. The standard InChI is InChI=1S/C17H18N2O2S/c1-11-8-9-19(14-4-2-3-5-16(14)22-11)17(20)13-10-15(21-18-13)12-6-7-12/h2-5,10-12H,6-9H2,1H3/t11-/m1/s1. The van der Waals surface area contributed by atoms with Gasteiger partial charge < -0.3 is 9.42 Å². The summed E-state index contributed by atoms with van der Waals surface area (Å²) in [6, 6.07) is 9.92. The molecule has 0 spiro atoms. The Morgan fingerprint density at radius 1 is 1.32 bits per heavy atom. The first-order valence-corrected chi connectivity index (χ1v) is 8.64. The minimum atomic E-state index is -0.0576. The molecular formula is C17H18N2O2S. The number of benzene rings is 1. The molecule has 22 heavy (non-hydrogen) atoms. The summed E-state index contributed by atoms with van der Waals surface area (Å²) in [5, 5.41) is 4.50. The fraction of sp³-hybridized carbons (Fsp3) is 0.412. The molecule has 1 aliphatic heterocycles. The Morgan fingerprint density at radius 3 is 2.95 bits per heavy atom. The number of thioether (sulfide) groups is 1. The van der Waals surface area contributed by atoms with Gasteiger partial charge in [-0.25, -0.2) is 0 Å². The van der Waals surface area contributed by atoms with Crippen LogP contribution < -0.4 is 4.90 Å². The smallest absolute Gasteiger partial charge is 0.280 e. The van der Waals surface area contributed by atoms with Gasteiger partial charge in [0, 0.05) is 28.7 Å². The van der Waals surface area contributed by atoms with Crippen molar-refractivity contribution in [3.63, 3.8) is 0 Å². The van der Waals surface area contributed by atoms with Crippen molar-refractivity contribution in [1.29, 1.82) is 0 Å². The molecule has 2 heterocycles. The van der Waals surface area contributed by atoms with Crippen LogP contribution in [0, 0.1) is 0 Å². The molecule has 1 fully saturated rings. The highest BCUT2D eigenvalue weighted by Gasteiger charge is 2.31. The number of anilines is 1. The maximum Gasteiger partial charge on any atom is 0.280 e. The molecule has 0 N–H and O–H groups in total. The van der Waals surface area contributed by atoms with Crippen molar-refractivity contribution >= 4 is 23.4 Å². The van der Waals surface area contributed by atoms with Crippen LogP contribution >= 0.6 is 11.8 Å². The molecule has 0 saturated heterocycles. The van der Waals surface area contributed by atoms with Crippen LogP contribution in [-0.4, -0.2) is 22.9 Å². The van der Waals surface area contributed by atoms with Crippen LogP contribution in [0.15, 0.2) is 39.8 Å². The second-order valence-electron chi connectivity index (χ2n) is 6.03. The van der Waals surface area contributed by atoms with Crippen LogP contribution in [-0.2, 0) is 0 Å². The molecule has 4 rings (SSSR count). The van der Waals surface area contributed by atoms with Gasteiger partial charge in [0.1, 0.15) is 5.76 Å². The number of hydrogen-bond donors (Lipinski definition) is 0. The van der Waals surface area contributed by atoms with Crippen molar-refractivity contribution in [2.24, 2.45) is 0 Å². The Labute approximate surface area is 133 Å². The van der Waals surface area contributed by atoms with Gasteiger partial charge in [-0.05, 0) is 31.4 Å². The third-order valence-corrected chi connectivity index (χ3v) is 5.45. The monoisotopic (exact) mass is 314 g/mol. The van der Waals surface area contributed by atoms with E-state index < -0.39 is 0 Å². The van der Waals surface area contributed by atoms with Gasteiger partial charge in [-0.3, -0.25) is 4.79 Å². The van der Waals surface area contributed by atoms with Gasteiger partial charge in [0.25, 0.3) is 5.91 Å². The normalized spacial score (nSPS) is 21.3. The molecule has 2 aliphatic rings. The first-order valence-electron chi connectivity index (χ1n) is 7.76. The van der Waals surface area contributed by atoms with Gasteiger partial charge in [0.15, 0.2) is 5.69 Å². The summed E-state index contributed by atoms with van der Waals surface area (Å²) in [4.78, 5) is 15.9. The van der Waals surface area contributed by atoms with Crippen molar-refractivity contribution < 1.29 is 9.32 Å². The van der Waals surface area contributed by atoms with Crippen LogP contribution in [0.4, 0.5) is 5.69 Å². The minimum absolute atomic E-state index is 0.0576. The summed E-state index contributed by atoms with van der Waals surface area (Å²) in [6.07, 6.45) is 3.26. The maximum atomic E-state index is 12.9. The van der Waals surface area contributed by atoms with E-state index in [0.717, 1.165) is 42.2 Å². The summed E-state index contributed by atoms with van der Waals surface area (Å²) < 4.78 is 5.34. The van der Waals surface area contributed by atoms with Gasteiger partial charge in [-0.2, -0.15) is 0 Å². The highest BCUT2D eigenvalue weighted by Crippen LogP contribution is 2.41. The average molecular weight is 314 g/mol. The van der Waals surface area contributed by atoms with E-state index in [9.17, 15) is 4.79 Å². The second-order valence-corrected chi connectivity index (χ2v) is 7.51. The lowest BCUT2D eigenvalue weighted by molar-refractivity contribution is 0.0977. The summed E-state index contributed by atoms with van der Waals surface area (Å²) in [6.45, 7) is 2.92. The molecule has 1 aliphatic carbocycles. The molecular weight excluding hydrogens is 296 g/mol. The molecule has 4 nitrogen and oxygen atoms in total. The number of aromatic nitrogens is 1. The van der Waals surface area contributed by atoms with Crippen LogP contribution in [0.25, 0.3) is 0 Å². The summed E-state index contributed by atoms with van der Waals surface area (Å²) >= 11 is 1.83. The molecule has 2 aromatic rings. The van der Waals surface area contributed by atoms with Gasteiger partial charge >= 0.3 is 0 Å². The zero-order valence-corrected chi connectivity index (χ0v) is 13.3. The van der Waals surface area contributed by atoms with Crippen molar-refractivity contribution in [2.75, 3.05) is 11.4 Å². The van der Waals surface area contributed by atoms with Crippen molar-refractivity contribution in [3.05, 3.63) is 41.8 Å². The van der Waals surface area contributed by atoms with Crippen molar-refractivity contribution in [1.82, 2.24) is 5.16 Å². The Morgan fingerprint density at radius 2 is 2.14 bits per heavy atom. The Bertz CT molecular complexity index is 708. The number of hydrogen-bond acceptors (Lipinski definition) is 4. The predicted molar refractivity (Wildman–Crippen MR) is 86.5 cm³/mol. The van der Waals surface area contributed by atoms with E-state index in [-0.39, 0.29) is 5.91 Å². The van der Waals surface area contributed by atoms with E-state index in [0.29, 0.717) is 16.9 Å². The van der Waals surface area contributed by atoms with E-state index in [2.05, 4.69) is 18.1 Å². The molecule has 0 radical (unpaired) electrons. The summed E-state index contributed by atoms with van der Waals surface area (Å²) in [7, 11) is 0. The Hall–Kier alpha value is -1.75. The van der Waals surface area contributed by atoms with Crippen LogP contribution in [0.2, 0.25) is 0 Å². The van der Waals surface area contributed by atoms with Crippen LogP contribution in [0.3, 0.4) is 0 Å². The van der Waals surface area contributed by atoms with E-state index in [4.69, 9.17) is 4.52 Å². The number of nitrogens with zero attached hydrogens (tertiary/aromatic N) is 2. The lowest BCUT2D eigenvalue weighted by Crippen LogP contribution is -2.32. The minimum Gasteiger partial charge on any atom is -0.360 e. The molecule has 114 valence electrons. The first-order chi connectivity index (χ1) is 10.7. The Balaban J connectivity index is 1.66. The van der Waals surface area contributed by atoms with Gasteiger partial charge in [-0.15, -0.1) is 11.8 Å². The molecule has 1 atom stereocenters. The highest BCUT2D eigenvalue weighted by molar-refractivity contribution is 8.00. The van der Waals surface area contributed by atoms with Crippen LogP contribution in [0.1, 0.15) is 48.4 Å². The molecule has 0 bridgehead atoms. The van der Waals surface area contributed by atoms with E-state index in [1.165, 1.54) is 0 Å². The summed E-state index contributed by atoms with van der Waals surface area (Å²) in [5.74, 6) is 1.27. The van der Waals surface area contributed by atoms with Crippen molar-refractivity contribution in [3.8, 4) is 0 Å². The number of carbonyl (C=O) groups is 1. The number of rotatable bonds is 2. The number of carbonyl (C=O) groups excluding carboxylic acids is 1. The lowest BCUT2D eigenvalue weighted by Gasteiger charge is -2.21. The fourth-order valence-corrected chi connectivity index (χ4v) is 3.90. The molecule has 1 aromatic carbocycles. The van der Waals surface area contributed by atoms with E-state index in [1.807, 2.05) is 40.9 Å².